The standard InChI is InChI=1S/C27H24N2O4S/c30-27(22-11-14-26(15-12-22)34(31,32)28-16-18-33-19-17-28)29(24-8-2-1-3-9-24)25-13-10-21-6-4-5-7-23(21)20-25/h1-15,20H,16-19H2. The van der Waals surface area contributed by atoms with Gasteiger partial charge < -0.3 is 4.74 Å². The molecule has 7 heteroatoms. The molecule has 1 aliphatic heterocycles. The summed E-state index contributed by atoms with van der Waals surface area (Å²) in [6, 6.07) is 29.5. The quantitative estimate of drug-likeness (QED) is 0.417. The molecule has 6 nitrogen and oxygen atoms in total. The number of fused-ring (bicyclic) bond motifs is 1. The van der Waals surface area contributed by atoms with Crippen LogP contribution in [0.5, 0.6) is 0 Å². The maximum absolute atomic E-state index is 13.7. The number of sulfonamides is 1. The number of hydrogen-bond acceptors (Lipinski definition) is 4. The number of para-hydroxylation sites is 1. The van der Waals surface area contributed by atoms with Gasteiger partial charge in [0, 0.05) is 30.0 Å². The highest BCUT2D eigenvalue weighted by molar-refractivity contribution is 7.89. The Morgan fingerprint density at radius 3 is 2.09 bits per heavy atom. The van der Waals surface area contributed by atoms with Crippen molar-refractivity contribution in [2.24, 2.45) is 0 Å². The van der Waals surface area contributed by atoms with E-state index in [0.717, 1.165) is 22.1 Å². The van der Waals surface area contributed by atoms with Crippen molar-refractivity contribution in [1.82, 2.24) is 4.31 Å². The third-order valence-corrected chi connectivity index (χ3v) is 7.83. The minimum absolute atomic E-state index is 0.169. The predicted molar refractivity (Wildman–Crippen MR) is 133 cm³/mol. The molecule has 5 rings (SSSR count). The van der Waals surface area contributed by atoms with Crippen LogP contribution in [0.2, 0.25) is 0 Å². The Labute approximate surface area is 199 Å². The zero-order chi connectivity index (χ0) is 23.5. The number of hydrogen-bond donors (Lipinski definition) is 0. The lowest BCUT2D eigenvalue weighted by atomic mass is 10.1. The molecule has 0 spiro atoms. The molecule has 0 atom stereocenters. The minimum Gasteiger partial charge on any atom is -0.379 e. The van der Waals surface area contributed by atoms with E-state index in [9.17, 15) is 13.2 Å². The van der Waals surface area contributed by atoms with E-state index in [0.29, 0.717) is 31.9 Å². The Morgan fingerprint density at radius 2 is 1.38 bits per heavy atom. The first kappa shape index (κ1) is 22.3. The second-order valence-corrected chi connectivity index (χ2v) is 9.99. The summed E-state index contributed by atoms with van der Waals surface area (Å²) in [5, 5.41) is 2.12. The van der Waals surface area contributed by atoms with Crippen molar-refractivity contribution in [3.05, 3.63) is 103 Å². The van der Waals surface area contributed by atoms with Crippen LogP contribution in [0, 0.1) is 0 Å². The molecule has 4 aromatic rings. The van der Waals surface area contributed by atoms with Gasteiger partial charge >= 0.3 is 0 Å². The molecule has 34 heavy (non-hydrogen) atoms. The largest absolute Gasteiger partial charge is 0.379 e. The van der Waals surface area contributed by atoms with Crippen LogP contribution in [0.25, 0.3) is 10.8 Å². The number of anilines is 2. The van der Waals surface area contributed by atoms with E-state index < -0.39 is 10.0 Å². The van der Waals surface area contributed by atoms with Gasteiger partial charge in [0.25, 0.3) is 5.91 Å². The van der Waals surface area contributed by atoms with E-state index in [1.165, 1.54) is 16.4 Å². The monoisotopic (exact) mass is 472 g/mol. The van der Waals surface area contributed by atoms with Gasteiger partial charge in [-0.15, -0.1) is 0 Å². The second-order valence-electron chi connectivity index (χ2n) is 8.05. The fraction of sp³-hybridized carbons (Fsp3) is 0.148. The molecule has 0 unspecified atom stereocenters. The lowest BCUT2D eigenvalue weighted by molar-refractivity contribution is 0.0730. The molecule has 4 aromatic carbocycles. The van der Waals surface area contributed by atoms with Crippen molar-refractivity contribution in [1.29, 1.82) is 0 Å². The second kappa shape index (κ2) is 9.38. The molecule has 0 bridgehead atoms. The number of rotatable bonds is 5. The number of nitrogens with zero attached hydrogens (tertiary/aromatic N) is 2. The van der Waals surface area contributed by atoms with E-state index in [1.54, 1.807) is 17.0 Å². The lowest BCUT2D eigenvalue weighted by Crippen LogP contribution is -2.40. The molecule has 1 heterocycles. The summed E-state index contributed by atoms with van der Waals surface area (Å²) in [5.41, 5.74) is 1.87. The molecular formula is C27H24N2O4S. The lowest BCUT2D eigenvalue weighted by Gasteiger charge is -2.26. The van der Waals surface area contributed by atoms with Gasteiger partial charge in [0.1, 0.15) is 0 Å². The zero-order valence-electron chi connectivity index (χ0n) is 18.5. The summed E-state index contributed by atoms with van der Waals surface area (Å²) in [6.45, 7) is 1.42. The number of carbonyl (C=O) groups is 1. The summed E-state index contributed by atoms with van der Waals surface area (Å²) in [5.74, 6) is -0.239. The van der Waals surface area contributed by atoms with Crippen LogP contribution in [0.1, 0.15) is 10.4 Å². The molecule has 0 N–H and O–H groups in total. The van der Waals surface area contributed by atoms with E-state index in [-0.39, 0.29) is 10.8 Å². The van der Waals surface area contributed by atoms with Crippen molar-refractivity contribution in [2.45, 2.75) is 4.90 Å². The van der Waals surface area contributed by atoms with Gasteiger partial charge in [0.15, 0.2) is 0 Å². The van der Waals surface area contributed by atoms with Crippen molar-refractivity contribution in [3.8, 4) is 0 Å². The van der Waals surface area contributed by atoms with Crippen LogP contribution >= 0.6 is 0 Å². The Balaban J connectivity index is 1.50. The van der Waals surface area contributed by atoms with Crippen LogP contribution in [0.3, 0.4) is 0 Å². The van der Waals surface area contributed by atoms with Crippen molar-refractivity contribution in [3.63, 3.8) is 0 Å². The van der Waals surface area contributed by atoms with Crippen molar-refractivity contribution >= 4 is 38.1 Å². The summed E-state index contributed by atoms with van der Waals surface area (Å²) in [4.78, 5) is 15.5. The molecule has 1 fully saturated rings. The molecule has 0 aromatic heterocycles. The number of benzene rings is 4. The summed E-state index contributed by atoms with van der Waals surface area (Å²) in [6.07, 6.45) is 0. The van der Waals surface area contributed by atoms with E-state index >= 15 is 0 Å². The highest BCUT2D eigenvalue weighted by atomic mass is 32.2. The Bertz CT molecular complexity index is 1410. The van der Waals surface area contributed by atoms with Crippen LogP contribution in [0.15, 0.2) is 102 Å². The predicted octanol–water partition coefficient (Wildman–Crippen LogP) is 4.84. The smallest absolute Gasteiger partial charge is 0.262 e. The maximum Gasteiger partial charge on any atom is 0.262 e. The maximum atomic E-state index is 13.7. The fourth-order valence-corrected chi connectivity index (χ4v) is 5.52. The van der Waals surface area contributed by atoms with Crippen molar-refractivity contribution < 1.29 is 17.9 Å². The minimum atomic E-state index is -3.62. The zero-order valence-corrected chi connectivity index (χ0v) is 19.3. The number of carbonyl (C=O) groups excluding carboxylic acids is 1. The summed E-state index contributed by atoms with van der Waals surface area (Å²) in [7, 11) is -3.62. The number of ether oxygens (including phenoxy) is 1. The molecule has 0 radical (unpaired) electrons. The number of morpholine rings is 1. The average molecular weight is 473 g/mol. The van der Waals surface area contributed by atoms with Gasteiger partial charge in [-0.05, 0) is 59.3 Å². The summed E-state index contributed by atoms with van der Waals surface area (Å²) >= 11 is 0. The third-order valence-electron chi connectivity index (χ3n) is 5.92. The van der Waals surface area contributed by atoms with Crippen LogP contribution in [-0.4, -0.2) is 44.9 Å². The van der Waals surface area contributed by atoms with Gasteiger partial charge in [-0.2, -0.15) is 4.31 Å². The van der Waals surface area contributed by atoms with Crippen molar-refractivity contribution in [2.75, 3.05) is 31.2 Å². The van der Waals surface area contributed by atoms with Gasteiger partial charge in [0.05, 0.1) is 18.1 Å². The highest BCUT2D eigenvalue weighted by Crippen LogP contribution is 2.30. The Morgan fingerprint density at radius 1 is 0.735 bits per heavy atom. The Kier molecular flexibility index (Phi) is 6.15. The van der Waals surface area contributed by atoms with Gasteiger partial charge in [-0.1, -0.05) is 48.5 Å². The van der Waals surface area contributed by atoms with Gasteiger partial charge in [0.2, 0.25) is 10.0 Å². The Hall–Kier alpha value is -3.52. The average Bonchev–Trinajstić information content (AvgIpc) is 2.90. The highest BCUT2D eigenvalue weighted by Gasteiger charge is 2.27. The van der Waals surface area contributed by atoms with Gasteiger partial charge in [-0.3, -0.25) is 9.69 Å². The molecular weight excluding hydrogens is 448 g/mol. The van der Waals surface area contributed by atoms with Crippen LogP contribution < -0.4 is 4.90 Å². The SMILES string of the molecule is O=C(c1ccc(S(=O)(=O)N2CCOCC2)cc1)N(c1ccccc1)c1ccc2ccccc2c1. The first-order valence-corrected chi connectivity index (χ1v) is 12.5. The molecule has 1 amide bonds. The van der Waals surface area contributed by atoms with Gasteiger partial charge in [-0.25, -0.2) is 8.42 Å². The number of amides is 1. The fourth-order valence-electron chi connectivity index (χ4n) is 4.11. The summed E-state index contributed by atoms with van der Waals surface area (Å²) < 4.78 is 32.6. The van der Waals surface area contributed by atoms with E-state index in [2.05, 4.69) is 0 Å². The molecule has 172 valence electrons. The topological polar surface area (TPSA) is 66.9 Å². The first-order valence-electron chi connectivity index (χ1n) is 11.1. The van der Waals surface area contributed by atoms with E-state index in [4.69, 9.17) is 4.74 Å². The normalized spacial score (nSPS) is 14.7. The molecule has 0 saturated carbocycles. The van der Waals surface area contributed by atoms with Crippen LogP contribution in [0.4, 0.5) is 11.4 Å². The van der Waals surface area contributed by atoms with E-state index in [1.807, 2.05) is 72.8 Å². The third kappa shape index (κ3) is 4.33. The van der Waals surface area contributed by atoms with Crippen LogP contribution in [-0.2, 0) is 14.8 Å². The molecule has 1 aliphatic rings. The molecule has 0 aliphatic carbocycles. The first-order chi connectivity index (χ1) is 16.5. The molecule has 1 saturated heterocycles.